The maximum absolute atomic E-state index is 13.0. The third kappa shape index (κ3) is 2.20. The zero-order valence-electron chi connectivity index (χ0n) is 12.3. The number of carbonyl (C=O) groups excluding carboxylic acids is 1. The maximum Gasteiger partial charge on any atom is 0.143 e. The standard InChI is InChI=1S/C18H24O2/c1-20-16-12-11-15-9-5-6-10-17(19)18(15,13-16)14-7-3-2-4-8-14/h2-4,7-8,15-16H,5-6,9-13H2,1H3/t15-,16-,18?/m0/s1. The number of fused-ring (bicyclic) bond motifs is 1. The lowest BCUT2D eigenvalue weighted by atomic mass is 9.59. The Morgan fingerprint density at radius 1 is 1.10 bits per heavy atom. The zero-order chi connectivity index (χ0) is 14.0. The molecule has 0 amide bonds. The first kappa shape index (κ1) is 13.8. The lowest BCUT2D eigenvalue weighted by molar-refractivity contribution is -0.130. The molecule has 3 rings (SSSR count). The van der Waals surface area contributed by atoms with E-state index in [0.717, 1.165) is 32.1 Å². The van der Waals surface area contributed by atoms with E-state index in [2.05, 4.69) is 24.3 Å². The number of ketones is 1. The molecule has 0 saturated heterocycles. The van der Waals surface area contributed by atoms with Crippen LogP contribution in [0.25, 0.3) is 0 Å². The minimum absolute atomic E-state index is 0.230. The summed E-state index contributed by atoms with van der Waals surface area (Å²) in [5.74, 6) is 0.958. The highest BCUT2D eigenvalue weighted by molar-refractivity contribution is 5.91. The maximum atomic E-state index is 13.0. The van der Waals surface area contributed by atoms with Crippen molar-refractivity contribution in [2.24, 2.45) is 5.92 Å². The van der Waals surface area contributed by atoms with E-state index >= 15 is 0 Å². The van der Waals surface area contributed by atoms with Crippen LogP contribution in [0.3, 0.4) is 0 Å². The van der Waals surface area contributed by atoms with Crippen LogP contribution in [0.15, 0.2) is 30.3 Å². The number of hydrogen-bond donors (Lipinski definition) is 0. The van der Waals surface area contributed by atoms with Crippen LogP contribution in [0.5, 0.6) is 0 Å². The van der Waals surface area contributed by atoms with Crippen molar-refractivity contribution in [1.82, 2.24) is 0 Å². The van der Waals surface area contributed by atoms with Gasteiger partial charge in [0.1, 0.15) is 5.78 Å². The molecule has 0 bridgehead atoms. The number of hydrogen-bond acceptors (Lipinski definition) is 2. The number of methoxy groups -OCH3 is 1. The molecule has 2 heteroatoms. The summed E-state index contributed by atoms with van der Waals surface area (Å²) in [6.45, 7) is 0. The van der Waals surface area contributed by atoms with E-state index < -0.39 is 0 Å². The average Bonchev–Trinajstić information content (AvgIpc) is 2.68. The molecule has 2 fully saturated rings. The van der Waals surface area contributed by atoms with Crippen molar-refractivity contribution in [2.45, 2.75) is 56.5 Å². The fourth-order valence-electron chi connectivity index (χ4n) is 4.34. The van der Waals surface area contributed by atoms with Gasteiger partial charge >= 0.3 is 0 Å². The molecule has 0 radical (unpaired) electrons. The molecule has 0 aliphatic heterocycles. The van der Waals surface area contributed by atoms with Gasteiger partial charge in [0.25, 0.3) is 0 Å². The van der Waals surface area contributed by atoms with E-state index in [9.17, 15) is 4.79 Å². The van der Waals surface area contributed by atoms with Gasteiger partial charge in [0.15, 0.2) is 0 Å². The van der Waals surface area contributed by atoms with Crippen LogP contribution in [0.1, 0.15) is 50.5 Å². The Bertz CT molecular complexity index is 468. The van der Waals surface area contributed by atoms with Gasteiger partial charge in [-0.05, 0) is 43.6 Å². The molecular formula is C18H24O2. The molecule has 2 nitrogen and oxygen atoms in total. The van der Waals surface area contributed by atoms with Crippen molar-refractivity contribution in [3.05, 3.63) is 35.9 Å². The molecule has 108 valence electrons. The van der Waals surface area contributed by atoms with Gasteiger partial charge in [-0.1, -0.05) is 36.8 Å². The van der Waals surface area contributed by atoms with Crippen LogP contribution in [0.2, 0.25) is 0 Å². The summed E-state index contributed by atoms with van der Waals surface area (Å²) in [6, 6.07) is 10.5. The summed E-state index contributed by atoms with van der Waals surface area (Å²) >= 11 is 0. The van der Waals surface area contributed by atoms with E-state index in [1.807, 2.05) is 6.07 Å². The highest BCUT2D eigenvalue weighted by Gasteiger charge is 2.50. The van der Waals surface area contributed by atoms with Gasteiger partial charge in [-0.2, -0.15) is 0 Å². The highest BCUT2D eigenvalue weighted by Crippen LogP contribution is 2.49. The summed E-state index contributed by atoms with van der Waals surface area (Å²) < 4.78 is 5.62. The van der Waals surface area contributed by atoms with Crippen molar-refractivity contribution in [2.75, 3.05) is 7.11 Å². The quantitative estimate of drug-likeness (QED) is 0.816. The smallest absolute Gasteiger partial charge is 0.143 e. The SMILES string of the molecule is CO[C@H]1CC[C@@H]2CCCCC(=O)C2(c2ccccc2)C1. The van der Waals surface area contributed by atoms with Crippen LogP contribution in [-0.2, 0) is 14.9 Å². The normalized spacial score (nSPS) is 34.4. The van der Waals surface area contributed by atoms with E-state index in [-0.39, 0.29) is 11.5 Å². The molecule has 1 aromatic rings. The second-order valence-corrected chi connectivity index (χ2v) is 6.34. The summed E-state index contributed by atoms with van der Waals surface area (Å²) in [5, 5.41) is 0. The molecule has 0 spiro atoms. The third-order valence-electron chi connectivity index (χ3n) is 5.41. The predicted molar refractivity (Wildman–Crippen MR) is 79.7 cm³/mol. The molecule has 2 aliphatic carbocycles. The van der Waals surface area contributed by atoms with Gasteiger partial charge in [0.05, 0.1) is 11.5 Å². The molecule has 2 aliphatic rings. The van der Waals surface area contributed by atoms with Crippen LogP contribution in [0, 0.1) is 5.92 Å². The first-order valence-corrected chi connectivity index (χ1v) is 7.89. The summed E-state index contributed by atoms with van der Waals surface area (Å²) in [5.41, 5.74) is 0.940. The lowest BCUT2D eigenvalue weighted by Gasteiger charge is -2.45. The van der Waals surface area contributed by atoms with E-state index in [4.69, 9.17) is 4.74 Å². The molecule has 0 N–H and O–H groups in total. The minimum atomic E-state index is -0.281. The van der Waals surface area contributed by atoms with Crippen molar-refractivity contribution < 1.29 is 9.53 Å². The Kier molecular flexibility index (Phi) is 3.93. The molecule has 1 unspecified atom stereocenters. The summed E-state index contributed by atoms with van der Waals surface area (Å²) in [6.07, 6.45) is 7.51. The second-order valence-electron chi connectivity index (χ2n) is 6.34. The molecule has 3 atom stereocenters. The van der Waals surface area contributed by atoms with E-state index in [1.165, 1.54) is 18.4 Å². The highest BCUT2D eigenvalue weighted by atomic mass is 16.5. The Labute approximate surface area is 121 Å². The van der Waals surface area contributed by atoms with Gasteiger partial charge in [-0.3, -0.25) is 4.79 Å². The van der Waals surface area contributed by atoms with Crippen molar-refractivity contribution in [3.63, 3.8) is 0 Å². The Hall–Kier alpha value is -1.15. The van der Waals surface area contributed by atoms with Crippen LogP contribution in [-0.4, -0.2) is 19.0 Å². The third-order valence-corrected chi connectivity index (χ3v) is 5.41. The molecule has 0 heterocycles. The first-order valence-electron chi connectivity index (χ1n) is 7.89. The minimum Gasteiger partial charge on any atom is -0.381 e. The number of Topliss-reactive ketones (excluding diaryl/α,β-unsaturated/α-hetero) is 1. The van der Waals surface area contributed by atoms with Gasteiger partial charge in [0.2, 0.25) is 0 Å². The van der Waals surface area contributed by atoms with Gasteiger partial charge in [0, 0.05) is 13.5 Å². The van der Waals surface area contributed by atoms with Gasteiger partial charge in [-0.25, -0.2) is 0 Å². The monoisotopic (exact) mass is 272 g/mol. The Morgan fingerprint density at radius 2 is 1.90 bits per heavy atom. The fourth-order valence-corrected chi connectivity index (χ4v) is 4.34. The Balaban J connectivity index is 2.07. The molecule has 1 aromatic carbocycles. The Morgan fingerprint density at radius 3 is 2.65 bits per heavy atom. The largest absolute Gasteiger partial charge is 0.381 e. The van der Waals surface area contributed by atoms with Crippen LogP contribution < -0.4 is 0 Å². The van der Waals surface area contributed by atoms with E-state index in [0.29, 0.717) is 11.7 Å². The zero-order valence-corrected chi connectivity index (χ0v) is 12.3. The number of rotatable bonds is 2. The molecule has 20 heavy (non-hydrogen) atoms. The van der Waals surface area contributed by atoms with Gasteiger partial charge < -0.3 is 4.74 Å². The molecule has 0 aromatic heterocycles. The van der Waals surface area contributed by atoms with Crippen LogP contribution >= 0.6 is 0 Å². The summed E-state index contributed by atoms with van der Waals surface area (Å²) in [4.78, 5) is 13.0. The summed E-state index contributed by atoms with van der Waals surface area (Å²) in [7, 11) is 1.78. The first-order chi connectivity index (χ1) is 9.77. The number of benzene rings is 1. The van der Waals surface area contributed by atoms with Gasteiger partial charge in [-0.15, -0.1) is 0 Å². The number of carbonyl (C=O) groups is 1. The fraction of sp³-hybridized carbons (Fsp3) is 0.611. The van der Waals surface area contributed by atoms with Crippen molar-refractivity contribution >= 4 is 5.78 Å². The lowest BCUT2D eigenvalue weighted by Crippen LogP contribution is -2.48. The topological polar surface area (TPSA) is 26.3 Å². The van der Waals surface area contributed by atoms with Crippen molar-refractivity contribution in [1.29, 1.82) is 0 Å². The van der Waals surface area contributed by atoms with Crippen LogP contribution in [0.4, 0.5) is 0 Å². The van der Waals surface area contributed by atoms with E-state index in [1.54, 1.807) is 7.11 Å². The molecule has 2 saturated carbocycles. The predicted octanol–water partition coefficient (Wildman–Crippen LogP) is 3.88. The van der Waals surface area contributed by atoms with Crippen molar-refractivity contribution in [3.8, 4) is 0 Å². The molecular weight excluding hydrogens is 248 g/mol. The number of ether oxygens (including phenoxy) is 1. The second kappa shape index (κ2) is 5.69. The average molecular weight is 272 g/mol.